The molecule has 0 spiro atoms. The molecule has 0 bridgehead atoms. The zero-order chi connectivity index (χ0) is 21.1. The van der Waals surface area contributed by atoms with E-state index in [1.165, 1.54) is 24.3 Å². The third kappa shape index (κ3) is 4.68. The second kappa shape index (κ2) is 9.18. The third-order valence-electron chi connectivity index (χ3n) is 6.10. The maximum atomic E-state index is 14.0. The Morgan fingerprint density at radius 3 is 2.40 bits per heavy atom. The largest absolute Gasteiger partial charge is 0.378 e. The Kier molecular flexibility index (Phi) is 6.39. The lowest BCUT2D eigenvalue weighted by Crippen LogP contribution is -2.44. The van der Waals surface area contributed by atoms with Crippen LogP contribution in [-0.4, -0.2) is 43.2 Å². The lowest BCUT2D eigenvalue weighted by molar-refractivity contribution is -0.140. The number of nitrogens with one attached hydrogen (secondary N) is 1. The highest BCUT2D eigenvalue weighted by Gasteiger charge is 2.41. The number of carbonyl (C=O) groups excluding carboxylic acids is 1. The molecule has 1 aliphatic heterocycles. The van der Waals surface area contributed by atoms with E-state index in [-0.39, 0.29) is 36.1 Å². The van der Waals surface area contributed by atoms with Gasteiger partial charge in [-0.05, 0) is 42.5 Å². The van der Waals surface area contributed by atoms with Crippen molar-refractivity contribution in [2.75, 3.05) is 26.3 Å². The van der Waals surface area contributed by atoms with Gasteiger partial charge in [0.05, 0.1) is 13.2 Å². The molecule has 1 heterocycles. The van der Waals surface area contributed by atoms with Crippen LogP contribution in [0.25, 0.3) is 0 Å². The van der Waals surface area contributed by atoms with Crippen molar-refractivity contribution in [2.45, 2.75) is 31.3 Å². The number of morpholine rings is 1. The van der Waals surface area contributed by atoms with Crippen molar-refractivity contribution >= 4 is 5.91 Å². The molecule has 2 aromatic rings. The smallest absolute Gasteiger partial charge is 0.226 e. The molecule has 2 aromatic carbocycles. The summed E-state index contributed by atoms with van der Waals surface area (Å²) in [7, 11) is 0. The molecule has 0 radical (unpaired) electrons. The molecule has 4 rings (SSSR count). The number of rotatable bonds is 5. The molecule has 160 valence electrons. The zero-order valence-corrected chi connectivity index (χ0v) is 16.6. The van der Waals surface area contributed by atoms with Crippen LogP contribution in [-0.2, 0) is 16.1 Å². The summed E-state index contributed by atoms with van der Waals surface area (Å²) in [6.07, 6.45) is 1.30. The molecule has 2 aliphatic rings. The molecule has 1 saturated carbocycles. The number of nitrogens with zero attached hydrogens (tertiary/aromatic N) is 1. The number of halogens is 3. The van der Waals surface area contributed by atoms with Gasteiger partial charge in [0.15, 0.2) is 0 Å². The highest BCUT2D eigenvalue weighted by Crippen LogP contribution is 2.41. The fourth-order valence-corrected chi connectivity index (χ4v) is 4.49. The summed E-state index contributed by atoms with van der Waals surface area (Å²) >= 11 is 0. The van der Waals surface area contributed by atoms with Crippen LogP contribution in [0.3, 0.4) is 0 Å². The second-order valence-electron chi connectivity index (χ2n) is 7.99. The van der Waals surface area contributed by atoms with Crippen molar-refractivity contribution in [1.29, 1.82) is 0 Å². The number of hydrogen-bond donors (Lipinski definition) is 1. The van der Waals surface area contributed by atoms with E-state index < -0.39 is 11.6 Å². The summed E-state index contributed by atoms with van der Waals surface area (Å²) < 4.78 is 45.9. The normalized spacial score (nSPS) is 24.2. The van der Waals surface area contributed by atoms with Crippen LogP contribution in [0, 0.1) is 23.4 Å². The van der Waals surface area contributed by atoms with Gasteiger partial charge in [-0.25, -0.2) is 13.2 Å². The van der Waals surface area contributed by atoms with Crippen LogP contribution in [0.4, 0.5) is 13.2 Å². The molecular formula is C23H25F3N2O2. The second-order valence-corrected chi connectivity index (χ2v) is 7.99. The predicted molar refractivity (Wildman–Crippen MR) is 106 cm³/mol. The fraction of sp³-hybridized carbons (Fsp3) is 0.435. The molecule has 1 N–H and O–H groups in total. The standard InChI is InChI=1S/C23H25F3N2O2/c24-17-4-1-15(2-5-17)20-12-19(27-14-16-3-6-18(25)11-22(16)26)13-21(20)23(29)28-7-9-30-10-8-28/h1-6,11,19-21,27H,7-10,12-14H2/t19-,20+,21-/m0/s1. The van der Waals surface area contributed by atoms with Gasteiger partial charge in [-0.2, -0.15) is 0 Å². The van der Waals surface area contributed by atoms with E-state index in [0.717, 1.165) is 11.6 Å². The van der Waals surface area contributed by atoms with Gasteiger partial charge >= 0.3 is 0 Å². The molecule has 1 saturated heterocycles. The van der Waals surface area contributed by atoms with E-state index in [9.17, 15) is 18.0 Å². The maximum Gasteiger partial charge on any atom is 0.226 e. The Hall–Kier alpha value is -2.38. The average Bonchev–Trinajstić information content (AvgIpc) is 3.18. The zero-order valence-electron chi connectivity index (χ0n) is 16.6. The molecule has 4 nitrogen and oxygen atoms in total. The van der Waals surface area contributed by atoms with Crippen LogP contribution < -0.4 is 5.32 Å². The molecule has 30 heavy (non-hydrogen) atoms. The summed E-state index contributed by atoms with van der Waals surface area (Å²) in [5.74, 6) is -1.69. The molecule has 2 fully saturated rings. The minimum absolute atomic E-state index is 0.000466. The summed E-state index contributed by atoms with van der Waals surface area (Å²) in [6, 6.07) is 9.85. The molecule has 1 aliphatic carbocycles. The van der Waals surface area contributed by atoms with Crippen molar-refractivity contribution in [1.82, 2.24) is 10.2 Å². The van der Waals surface area contributed by atoms with E-state index in [0.29, 0.717) is 44.7 Å². The van der Waals surface area contributed by atoms with Crippen molar-refractivity contribution in [3.8, 4) is 0 Å². The molecular weight excluding hydrogens is 393 g/mol. The van der Waals surface area contributed by atoms with E-state index in [2.05, 4.69) is 5.32 Å². The van der Waals surface area contributed by atoms with E-state index in [4.69, 9.17) is 4.74 Å². The number of carbonyl (C=O) groups is 1. The van der Waals surface area contributed by atoms with Crippen molar-refractivity contribution in [3.63, 3.8) is 0 Å². The van der Waals surface area contributed by atoms with E-state index in [1.54, 1.807) is 12.1 Å². The average molecular weight is 418 g/mol. The van der Waals surface area contributed by atoms with Gasteiger partial charge in [0, 0.05) is 43.2 Å². The summed E-state index contributed by atoms with van der Waals surface area (Å²) in [6.45, 7) is 2.47. The van der Waals surface area contributed by atoms with Gasteiger partial charge < -0.3 is 15.0 Å². The number of amides is 1. The molecule has 3 atom stereocenters. The van der Waals surface area contributed by atoms with Gasteiger partial charge in [0.25, 0.3) is 0 Å². The Morgan fingerprint density at radius 1 is 1.00 bits per heavy atom. The first kappa shape index (κ1) is 20.9. The van der Waals surface area contributed by atoms with Gasteiger partial charge in [-0.1, -0.05) is 18.2 Å². The van der Waals surface area contributed by atoms with Gasteiger partial charge in [0.1, 0.15) is 17.5 Å². The first-order valence-corrected chi connectivity index (χ1v) is 10.3. The van der Waals surface area contributed by atoms with Crippen LogP contribution in [0.2, 0.25) is 0 Å². The summed E-state index contributed by atoms with van der Waals surface area (Å²) in [5.41, 5.74) is 1.32. The quantitative estimate of drug-likeness (QED) is 0.807. The van der Waals surface area contributed by atoms with Gasteiger partial charge in [-0.3, -0.25) is 4.79 Å². The minimum Gasteiger partial charge on any atom is -0.378 e. The first-order valence-electron chi connectivity index (χ1n) is 10.3. The lowest BCUT2D eigenvalue weighted by atomic mass is 9.88. The highest BCUT2D eigenvalue weighted by molar-refractivity contribution is 5.80. The van der Waals surface area contributed by atoms with Crippen LogP contribution >= 0.6 is 0 Å². The monoisotopic (exact) mass is 418 g/mol. The van der Waals surface area contributed by atoms with Crippen molar-refractivity contribution < 1.29 is 22.7 Å². The SMILES string of the molecule is O=C([C@H]1C[C@@H](NCc2ccc(F)cc2F)C[C@@H]1c1ccc(F)cc1)N1CCOCC1. The lowest BCUT2D eigenvalue weighted by Gasteiger charge is -2.31. The predicted octanol–water partition coefficient (Wildman–Crippen LogP) is 3.61. The topological polar surface area (TPSA) is 41.6 Å². The third-order valence-corrected chi connectivity index (χ3v) is 6.10. The number of hydrogen-bond acceptors (Lipinski definition) is 3. The molecule has 0 aromatic heterocycles. The fourth-order valence-electron chi connectivity index (χ4n) is 4.49. The van der Waals surface area contributed by atoms with Gasteiger partial charge in [0.2, 0.25) is 5.91 Å². The van der Waals surface area contributed by atoms with E-state index >= 15 is 0 Å². The highest BCUT2D eigenvalue weighted by atomic mass is 19.1. The molecule has 1 amide bonds. The summed E-state index contributed by atoms with van der Waals surface area (Å²) in [4.78, 5) is 15.1. The Morgan fingerprint density at radius 2 is 1.70 bits per heavy atom. The Bertz CT molecular complexity index is 885. The number of benzene rings is 2. The van der Waals surface area contributed by atoms with E-state index in [1.807, 2.05) is 4.90 Å². The number of ether oxygens (including phenoxy) is 1. The minimum atomic E-state index is -0.607. The van der Waals surface area contributed by atoms with Crippen LogP contribution in [0.1, 0.15) is 29.9 Å². The van der Waals surface area contributed by atoms with Crippen LogP contribution in [0.5, 0.6) is 0 Å². The molecule has 7 heteroatoms. The van der Waals surface area contributed by atoms with Gasteiger partial charge in [-0.15, -0.1) is 0 Å². The van der Waals surface area contributed by atoms with Crippen molar-refractivity contribution in [3.05, 3.63) is 71.0 Å². The maximum absolute atomic E-state index is 14.0. The van der Waals surface area contributed by atoms with Crippen molar-refractivity contribution in [2.24, 2.45) is 5.92 Å². The Balaban J connectivity index is 1.49. The van der Waals surface area contributed by atoms with Crippen LogP contribution in [0.15, 0.2) is 42.5 Å². The molecule has 0 unspecified atom stereocenters. The Labute approximate surface area is 174 Å². The summed E-state index contributed by atoms with van der Waals surface area (Å²) in [5, 5.41) is 3.33. The first-order chi connectivity index (χ1) is 14.5.